The Morgan fingerprint density at radius 2 is 2.10 bits per heavy atom. The molecule has 0 aromatic heterocycles. The van der Waals surface area contributed by atoms with E-state index in [0.717, 1.165) is 29.4 Å². The van der Waals surface area contributed by atoms with Crippen molar-refractivity contribution in [1.82, 2.24) is 0 Å². The number of anilines is 1. The van der Waals surface area contributed by atoms with Gasteiger partial charge in [-0.3, -0.25) is 4.79 Å². The average Bonchev–Trinajstić information content (AvgIpc) is 2.41. The Kier molecular flexibility index (Phi) is 4.74. The molecule has 1 saturated carbocycles. The Morgan fingerprint density at radius 3 is 2.70 bits per heavy atom. The number of nitrogens with one attached hydrogen (secondary N) is 1. The van der Waals surface area contributed by atoms with E-state index >= 15 is 0 Å². The third-order valence-electron chi connectivity index (χ3n) is 4.45. The molecule has 1 aromatic carbocycles. The van der Waals surface area contributed by atoms with E-state index in [4.69, 9.17) is 5.73 Å². The lowest BCUT2D eigenvalue weighted by Gasteiger charge is -2.45. The Labute approximate surface area is 129 Å². The number of para-hydroxylation sites is 1. The number of hydrogen-bond donors (Lipinski definition) is 2. The number of rotatable bonds is 4. The van der Waals surface area contributed by atoms with Gasteiger partial charge in [0.1, 0.15) is 5.54 Å². The second-order valence-electron chi connectivity index (χ2n) is 6.04. The van der Waals surface area contributed by atoms with Gasteiger partial charge in [-0.25, -0.2) is 0 Å². The Bertz CT molecular complexity index is 489. The average molecular weight is 339 g/mol. The summed E-state index contributed by atoms with van der Waals surface area (Å²) in [4.78, 5) is 12.3. The van der Waals surface area contributed by atoms with E-state index in [0.29, 0.717) is 5.92 Å². The molecule has 2 unspecified atom stereocenters. The summed E-state index contributed by atoms with van der Waals surface area (Å²) < 4.78 is 0.966. The molecule has 1 amide bonds. The lowest BCUT2D eigenvalue weighted by molar-refractivity contribution is -0.126. The van der Waals surface area contributed by atoms with Crippen LogP contribution in [0.15, 0.2) is 28.7 Å². The van der Waals surface area contributed by atoms with Crippen LogP contribution >= 0.6 is 15.9 Å². The Morgan fingerprint density at radius 1 is 1.40 bits per heavy atom. The van der Waals surface area contributed by atoms with Crippen molar-refractivity contribution in [3.8, 4) is 0 Å². The lowest BCUT2D eigenvalue weighted by atomic mass is 9.67. The van der Waals surface area contributed by atoms with Gasteiger partial charge in [-0.05, 0) is 52.7 Å². The SMILES string of the molecule is CC(C)C1CCCCC1(Nc1ccccc1Br)C(N)=O. The number of hydrogen-bond acceptors (Lipinski definition) is 2. The summed E-state index contributed by atoms with van der Waals surface area (Å²) in [5.41, 5.74) is 6.13. The van der Waals surface area contributed by atoms with Gasteiger partial charge in [0, 0.05) is 10.2 Å². The summed E-state index contributed by atoms with van der Waals surface area (Å²) in [7, 11) is 0. The first kappa shape index (κ1) is 15.4. The Hall–Kier alpha value is -1.03. The van der Waals surface area contributed by atoms with E-state index in [1.165, 1.54) is 6.42 Å². The van der Waals surface area contributed by atoms with Crippen LogP contribution in [0.1, 0.15) is 39.5 Å². The minimum absolute atomic E-state index is 0.230. The van der Waals surface area contributed by atoms with Crippen molar-refractivity contribution >= 4 is 27.5 Å². The highest BCUT2D eigenvalue weighted by Gasteiger charge is 2.47. The van der Waals surface area contributed by atoms with Gasteiger partial charge in [0.05, 0.1) is 0 Å². The van der Waals surface area contributed by atoms with E-state index in [1.807, 2.05) is 24.3 Å². The second kappa shape index (κ2) is 6.17. The predicted molar refractivity (Wildman–Crippen MR) is 86.5 cm³/mol. The minimum Gasteiger partial charge on any atom is -0.370 e. The van der Waals surface area contributed by atoms with Crippen LogP contribution in [0.2, 0.25) is 0 Å². The van der Waals surface area contributed by atoms with Gasteiger partial charge in [0.25, 0.3) is 0 Å². The van der Waals surface area contributed by atoms with E-state index in [2.05, 4.69) is 35.1 Å². The fourth-order valence-corrected chi connectivity index (χ4v) is 3.81. The zero-order valence-electron chi connectivity index (χ0n) is 12.2. The molecule has 0 bridgehead atoms. The molecule has 4 heteroatoms. The summed E-state index contributed by atoms with van der Waals surface area (Å²) in [6.07, 6.45) is 4.09. The van der Waals surface area contributed by atoms with Crippen molar-refractivity contribution in [3.05, 3.63) is 28.7 Å². The highest BCUT2D eigenvalue weighted by molar-refractivity contribution is 9.10. The molecule has 3 nitrogen and oxygen atoms in total. The molecular formula is C16H23BrN2O. The number of carbonyl (C=O) groups is 1. The molecule has 110 valence electrons. The first-order valence-corrected chi connectivity index (χ1v) is 8.09. The zero-order chi connectivity index (χ0) is 14.8. The molecule has 0 heterocycles. The quantitative estimate of drug-likeness (QED) is 0.873. The number of carbonyl (C=O) groups excluding carboxylic acids is 1. The largest absolute Gasteiger partial charge is 0.370 e. The molecule has 1 aliphatic carbocycles. The van der Waals surface area contributed by atoms with Crippen LogP contribution in [0, 0.1) is 11.8 Å². The monoisotopic (exact) mass is 338 g/mol. The van der Waals surface area contributed by atoms with Gasteiger partial charge in [0.2, 0.25) is 5.91 Å². The van der Waals surface area contributed by atoms with Crippen molar-refractivity contribution in [2.45, 2.75) is 45.1 Å². The van der Waals surface area contributed by atoms with Crippen LogP contribution in [0.3, 0.4) is 0 Å². The van der Waals surface area contributed by atoms with Crippen molar-refractivity contribution < 1.29 is 4.79 Å². The first-order valence-electron chi connectivity index (χ1n) is 7.30. The highest BCUT2D eigenvalue weighted by Crippen LogP contribution is 2.41. The smallest absolute Gasteiger partial charge is 0.243 e. The third-order valence-corrected chi connectivity index (χ3v) is 5.14. The second-order valence-corrected chi connectivity index (χ2v) is 6.89. The molecule has 3 N–H and O–H groups in total. The standard InChI is InChI=1S/C16H23BrN2O/c1-11(2)12-7-5-6-10-16(12,15(18)20)19-14-9-4-3-8-13(14)17/h3-4,8-9,11-12,19H,5-7,10H2,1-2H3,(H2,18,20). The lowest BCUT2D eigenvalue weighted by Crippen LogP contribution is -2.58. The van der Waals surface area contributed by atoms with Crippen LogP contribution in [0.4, 0.5) is 5.69 Å². The summed E-state index contributed by atoms with van der Waals surface area (Å²) in [6.45, 7) is 4.35. The van der Waals surface area contributed by atoms with Crippen molar-refractivity contribution in [1.29, 1.82) is 0 Å². The normalized spacial score (nSPS) is 26.5. The molecule has 1 fully saturated rings. The van der Waals surface area contributed by atoms with Gasteiger partial charge in [0.15, 0.2) is 0 Å². The minimum atomic E-state index is -0.629. The van der Waals surface area contributed by atoms with Gasteiger partial charge in [-0.15, -0.1) is 0 Å². The molecule has 2 rings (SSSR count). The molecule has 20 heavy (non-hydrogen) atoms. The molecular weight excluding hydrogens is 316 g/mol. The van der Waals surface area contributed by atoms with E-state index < -0.39 is 5.54 Å². The first-order chi connectivity index (χ1) is 9.47. The van der Waals surface area contributed by atoms with Gasteiger partial charge >= 0.3 is 0 Å². The van der Waals surface area contributed by atoms with Crippen LogP contribution < -0.4 is 11.1 Å². The number of nitrogens with two attached hydrogens (primary N) is 1. The maximum absolute atomic E-state index is 12.3. The summed E-state index contributed by atoms with van der Waals surface area (Å²) in [5.74, 6) is 0.477. The molecule has 0 radical (unpaired) electrons. The Balaban J connectivity index is 2.38. The maximum Gasteiger partial charge on any atom is 0.243 e. The number of halogens is 1. The summed E-state index contributed by atoms with van der Waals surface area (Å²) in [6, 6.07) is 7.90. The highest BCUT2D eigenvalue weighted by atomic mass is 79.9. The zero-order valence-corrected chi connectivity index (χ0v) is 13.7. The maximum atomic E-state index is 12.3. The van der Waals surface area contributed by atoms with E-state index in [9.17, 15) is 4.79 Å². The van der Waals surface area contributed by atoms with Crippen molar-refractivity contribution in [3.63, 3.8) is 0 Å². The molecule has 0 saturated heterocycles. The predicted octanol–water partition coefficient (Wildman–Crippen LogP) is 3.93. The van der Waals surface area contributed by atoms with E-state index in [1.54, 1.807) is 0 Å². The van der Waals surface area contributed by atoms with Crippen molar-refractivity contribution in [2.24, 2.45) is 17.6 Å². The van der Waals surface area contributed by atoms with Gasteiger partial charge in [-0.2, -0.15) is 0 Å². The summed E-state index contributed by atoms with van der Waals surface area (Å²) >= 11 is 3.54. The van der Waals surface area contributed by atoms with E-state index in [-0.39, 0.29) is 11.8 Å². The number of primary amides is 1. The molecule has 0 aliphatic heterocycles. The van der Waals surface area contributed by atoms with Crippen LogP contribution in [-0.2, 0) is 4.79 Å². The number of benzene rings is 1. The van der Waals surface area contributed by atoms with Crippen LogP contribution in [0.5, 0.6) is 0 Å². The molecule has 1 aromatic rings. The molecule has 0 spiro atoms. The van der Waals surface area contributed by atoms with Crippen molar-refractivity contribution in [2.75, 3.05) is 5.32 Å². The topological polar surface area (TPSA) is 55.1 Å². The van der Waals surface area contributed by atoms with Gasteiger partial charge in [-0.1, -0.05) is 38.8 Å². The van der Waals surface area contributed by atoms with Gasteiger partial charge < -0.3 is 11.1 Å². The summed E-state index contributed by atoms with van der Waals surface area (Å²) in [5, 5.41) is 3.47. The van der Waals surface area contributed by atoms with Crippen LogP contribution in [-0.4, -0.2) is 11.4 Å². The number of amides is 1. The molecule has 2 atom stereocenters. The molecule has 1 aliphatic rings. The van der Waals surface area contributed by atoms with Crippen LogP contribution in [0.25, 0.3) is 0 Å². The third kappa shape index (κ3) is 2.85. The fourth-order valence-electron chi connectivity index (χ4n) is 3.43. The fraction of sp³-hybridized carbons (Fsp3) is 0.562.